The topological polar surface area (TPSA) is 63.3 Å². The smallest absolute Gasteiger partial charge is 0.221 e. The predicted octanol–water partition coefficient (Wildman–Crippen LogP) is 0.469. The van der Waals surface area contributed by atoms with Gasteiger partial charge in [-0.2, -0.15) is 11.8 Å². The van der Waals surface area contributed by atoms with Crippen molar-refractivity contribution >= 4 is 17.7 Å². The zero-order valence-corrected chi connectivity index (χ0v) is 8.43. The maximum Gasteiger partial charge on any atom is 0.221 e. The van der Waals surface area contributed by atoms with Crippen molar-refractivity contribution in [3.05, 3.63) is 0 Å². The van der Waals surface area contributed by atoms with E-state index in [4.69, 9.17) is 10.8 Å². The molecule has 0 saturated carbocycles. The fourth-order valence-electron chi connectivity index (χ4n) is 0.581. The first-order chi connectivity index (χ1) is 5.57. The standard InChI is InChI=1S/C8H17NO2S/c1-6(3-10)4-12-5-7(2)8(9)11/h6-7,10H,3-5H2,1-2H3,(H2,9,11). The Bertz CT molecular complexity index is 141. The van der Waals surface area contributed by atoms with Crippen LogP contribution >= 0.6 is 11.8 Å². The molecule has 0 saturated heterocycles. The van der Waals surface area contributed by atoms with Crippen molar-refractivity contribution in [1.29, 1.82) is 0 Å². The summed E-state index contributed by atoms with van der Waals surface area (Å²) in [5.41, 5.74) is 5.08. The van der Waals surface area contributed by atoms with Crippen LogP contribution in [0.5, 0.6) is 0 Å². The Morgan fingerprint density at radius 2 is 2.08 bits per heavy atom. The summed E-state index contributed by atoms with van der Waals surface area (Å²) in [6.45, 7) is 4.00. The van der Waals surface area contributed by atoms with Crippen LogP contribution < -0.4 is 5.73 Å². The normalized spacial score (nSPS) is 15.6. The molecule has 0 aliphatic heterocycles. The summed E-state index contributed by atoms with van der Waals surface area (Å²) in [7, 11) is 0. The lowest BCUT2D eigenvalue weighted by Crippen LogP contribution is -2.22. The van der Waals surface area contributed by atoms with Gasteiger partial charge in [0.1, 0.15) is 0 Å². The molecule has 3 N–H and O–H groups in total. The molecule has 0 fully saturated rings. The lowest BCUT2D eigenvalue weighted by Gasteiger charge is -2.09. The Labute approximate surface area is 77.7 Å². The second-order valence-electron chi connectivity index (χ2n) is 3.13. The number of hydrogen-bond acceptors (Lipinski definition) is 3. The molecule has 2 unspecified atom stereocenters. The summed E-state index contributed by atoms with van der Waals surface area (Å²) in [4.78, 5) is 10.6. The summed E-state index contributed by atoms with van der Waals surface area (Å²) in [6, 6.07) is 0. The highest BCUT2D eigenvalue weighted by Gasteiger charge is 2.09. The van der Waals surface area contributed by atoms with Crippen LogP contribution in [0.4, 0.5) is 0 Å². The highest BCUT2D eigenvalue weighted by Crippen LogP contribution is 2.11. The molecular weight excluding hydrogens is 174 g/mol. The van der Waals surface area contributed by atoms with Gasteiger partial charge in [-0.15, -0.1) is 0 Å². The first-order valence-corrected chi connectivity index (χ1v) is 5.21. The minimum Gasteiger partial charge on any atom is -0.396 e. The molecule has 4 heteroatoms. The van der Waals surface area contributed by atoms with Crippen molar-refractivity contribution in [1.82, 2.24) is 0 Å². The fourth-order valence-corrected chi connectivity index (χ4v) is 1.74. The second kappa shape index (κ2) is 6.31. The lowest BCUT2D eigenvalue weighted by molar-refractivity contribution is -0.120. The van der Waals surface area contributed by atoms with Crippen molar-refractivity contribution in [2.75, 3.05) is 18.1 Å². The van der Waals surface area contributed by atoms with E-state index in [9.17, 15) is 4.79 Å². The molecule has 0 bridgehead atoms. The summed E-state index contributed by atoms with van der Waals surface area (Å²) in [5.74, 6) is 1.61. The van der Waals surface area contributed by atoms with E-state index in [1.54, 1.807) is 11.8 Å². The number of rotatable bonds is 6. The molecule has 0 radical (unpaired) electrons. The Hall–Kier alpha value is -0.220. The van der Waals surface area contributed by atoms with Gasteiger partial charge in [0.25, 0.3) is 0 Å². The number of nitrogens with two attached hydrogens (primary N) is 1. The Kier molecular flexibility index (Phi) is 6.20. The molecule has 0 aromatic heterocycles. The predicted molar refractivity (Wildman–Crippen MR) is 51.9 cm³/mol. The molecule has 3 nitrogen and oxygen atoms in total. The van der Waals surface area contributed by atoms with E-state index in [-0.39, 0.29) is 18.4 Å². The molecule has 0 aliphatic rings. The first kappa shape index (κ1) is 11.8. The van der Waals surface area contributed by atoms with Crippen LogP contribution in [-0.4, -0.2) is 29.1 Å². The first-order valence-electron chi connectivity index (χ1n) is 4.05. The van der Waals surface area contributed by atoms with Gasteiger partial charge in [0.05, 0.1) is 0 Å². The van der Waals surface area contributed by atoms with Gasteiger partial charge >= 0.3 is 0 Å². The highest BCUT2D eigenvalue weighted by molar-refractivity contribution is 7.99. The molecular formula is C8H17NO2S. The van der Waals surface area contributed by atoms with E-state index in [2.05, 4.69) is 0 Å². The Morgan fingerprint density at radius 3 is 2.50 bits per heavy atom. The third-order valence-electron chi connectivity index (χ3n) is 1.57. The Morgan fingerprint density at radius 1 is 1.50 bits per heavy atom. The molecule has 72 valence electrons. The van der Waals surface area contributed by atoms with Crippen LogP contribution in [0.15, 0.2) is 0 Å². The van der Waals surface area contributed by atoms with Crippen molar-refractivity contribution in [3.8, 4) is 0 Å². The third kappa shape index (κ3) is 5.43. The van der Waals surface area contributed by atoms with Gasteiger partial charge in [-0.3, -0.25) is 4.79 Å². The maximum absolute atomic E-state index is 10.6. The van der Waals surface area contributed by atoms with Gasteiger partial charge in [0.2, 0.25) is 5.91 Å². The van der Waals surface area contributed by atoms with E-state index in [0.717, 1.165) is 11.5 Å². The molecule has 0 aromatic rings. The fraction of sp³-hybridized carbons (Fsp3) is 0.875. The van der Waals surface area contributed by atoms with Crippen LogP contribution in [-0.2, 0) is 4.79 Å². The number of carbonyl (C=O) groups is 1. The van der Waals surface area contributed by atoms with Gasteiger partial charge < -0.3 is 10.8 Å². The van der Waals surface area contributed by atoms with E-state index in [1.807, 2.05) is 13.8 Å². The van der Waals surface area contributed by atoms with Crippen molar-refractivity contribution in [2.24, 2.45) is 17.6 Å². The summed E-state index contributed by atoms with van der Waals surface area (Å²) < 4.78 is 0. The molecule has 0 aromatic carbocycles. The van der Waals surface area contributed by atoms with E-state index in [1.165, 1.54) is 0 Å². The van der Waals surface area contributed by atoms with Gasteiger partial charge in [-0.1, -0.05) is 13.8 Å². The summed E-state index contributed by atoms with van der Waals surface area (Å²) in [6.07, 6.45) is 0. The number of hydrogen-bond donors (Lipinski definition) is 2. The zero-order chi connectivity index (χ0) is 9.56. The third-order valence-corrected chi connectivity index (χ3v) is 3.11. The van der Waals surface area contributed by atoms with E-state index < -0.39 is 0 Å². The Balaban J connectivity index is 3.37. The summed E-state index contributed by atoms with van der Waals surface area (Å²) in [5, 5.41) is 8.70. The SMILES string of the molecule is CC(CO)CSCC(C)C(N)=O. The van der Waals surface area contributed by atoms with Crippen molar-refractivity contribution in [3.63, 3.8) is 0 Å². The van der Waals surface area contributed by atoms with Crippen LogP contribution in [0.1, 0.15) is 13.8 Å². The molecule has 2 atom stereocenters. The van der Waals surface area contributed by atoms with Crippen molar-refractivity contribution in [2.45, 2.75) is 13.8 Å². The van der Waals surface area contributed by atoms with Crippen LogP contribution in [0.2, 0.25) is 0 Å². The molecule has 1 amide bonds. The van der Waals surface area contributed by atoms with Gasteiger partial charge in [0, 0.05) is 18.3 Å². The number of amides is 1. The largest absolute Gasteiger partial charge is 0.396 e. The zero-order valence-electron chi connectivity index (χ0n) is 7.62. The van der Waals surface area contributed by atoms with E-state index >= 15 is 0 Å². The highest BCUT2D eigenvalue weighted by atomic mass is 32.2. The molecule has 0 spiro atoms. The van der Waals surface area contributed by atoms with Crippen molar-refractivity contribution < 1.29 is 9.90 Å². The van der Waals surface area contributed by atoms with Gasteiger partial charge in [-0.25, -0.2) is 0 Å². The molecule has 0 rings (SSSR count). The number of thioether (sulfide) groups is 1. The number of aliphatic hydroxyl groups excluding tert-OH is 1. The monoisotopic (exact) mass is 191 g/mol. The lowest BCUT2D eigenvalue weighted by atomic mass is 10.2. The molecule has 0 aliphatic carbocycles. The van der Waals surface area contributed by atoms with Crippen LogP contribution in [0.25, 0.3) is 0 Å². The minimum absolute atomic E-state index is 0.0686. The molecule has 12 heavy (non-hydrogen) atoms. The number of primary amides is 1. The maximum atomic E-state index is 10.6. The van der Waals surface area contributed by atoms with Crippen LogP contribution in [0.3, 0.4) is 0 Å². The quantitative estimate of drug-likeness (QED) is 0.641. The average Bonchev–Trinajstić information content (AvgIpc) is 2.03. The van der Waals surface area contributed by atoms with Gasteiger partial charge in [-0.05, 0) is 11.7 Å². The number of carbonyl (C=O) groups excluding carboxylic acids is 1. The van der Waals surface area contributed by atoms with E-state index in [0.29, 0.717) is 5.92 Å². The van der Waals surface area contributed by atoms with Gasteiger partial charge in [0.15, 0.2) is 0 Å². The number of aliphatic hydroxyl groups is 1. The minimum atomic E-state index is -0.251. The van der Waals surface area contributed by atoms with Crippen LogP contribution in [0, 0.1) is 11.8 Å². The summed E-state index contributed by atoms with van der Waals surface area (Å²) >= 11 is 1.66. The average molecular weight is 191 g/mol. The molecule has 0 heterocycles. The second-order valence-corrected chi connectivity index (χ2v) is 4.20.